The predicted octanol–water partition coefficient (Wildman–Crippen LogP) is 1.52. The Labute approximate surface area is 62.2 Å². The van der Waals surface area contributed by atoms with Gasteiger partial charge in [-0.25, -0.2) is 0 Å². The Kier molecular flexibility index (Phi) is 1.78. The lowest BCUT2D eigenvalue weighted by Crippen LogP contribution is -2.30. The minimum Gasteiger partial charge on any atom is -0.284 e. The fourth-order valence-electron chi connectivity index (χ4n) is 0.441. The molecule has 1 rings (SSSR count). The van der Waals surface area contributed by atoms with Crippen LogP contribution in [-0.4, -0.2) is 5.21 Å². The van der Waals surface area contributed by atoms with Crippen LogP contribution in [0.5, 0.6) is 0 Å². The van der Waals surface area contributed by atoms with Gasteiger partial charge in [0.25, 0.3) is 0 Å². The van der Waals surface area contributed by atoms with Gasteiger partial charge in [-0.2, -0.15) is 0 Å². The van der Waals surface area contributed by atoms with Gasteiger partial charge in [-0.3, -0.25) is 5.21 Å². The number of hydrogen-bond acceptors (Lipinski definition) is 1. The molecule has 0 amide bonds. The summed E-state index contributed by atoms with van der Waals surface area (Å²) in [5.74, 6) is 0. The summed E-state index contributed by atoms with van der Waals surface area (Å²) in [4.78, 5) is 0. The van der Waals surface area contributed by atoms with E-state index in [4.69, 9.17) is 28.4 Å². The lowest BCUT2D eigenvalue weighted by Gasteiger charge is -1.85. The molecule has 0 atom stereocenters. The van der Waals surface area contributed by atoms with E-state index in [1.807, 2.05) is 0 Å². The van der Waals surface area contributed by atoms with Gasteiger partial charge in [0.15, 0.2) is 0 Å². The number of aromatic nitrogens is 1. The van der Waals surface area contributed by atoms with Gasteiger partial charge in [0.05, 0.1) is 5.02 Å². The maximum atomic E-state index is 8.77. The molecular formula is C5H4Cl2NO+. The number of rotatable bonds is 0. The van der Waals surface area contributed by atoms with Crippen molar-refractivity contribution in [2.75, 3.05) is 0 Å². The van der Waals surface area contributed by atoms with Crippen molar-refractivity contribution in [3.8, 4) is 0 Å². The van der Waals surface area contributed by atoms with Crippen molar-refractivity contribution in [3.63, 3.8) is 0 Å². The summed E-state index contributed by atoms with van der Waals surface area (Å²) in [5.41, 5.74) is 0. The lowest BCUT2D eigenvalue weighted by molar-refractivity contribution is -0.903. The van der Waals surface area contributed by atoms with Crippen LogP contribution < -0.4 is 4.73 Å². The second-order valence-electron chi connectivity index (χ2n) is 1.51. The average molecular weight is 165 g/mol. The van der Waals surface area contributed by atoms with E-state index in [9.17, 15) is 0 Å². The Bertz CT molecular complexity index is 226. The van der Waals surface area contributed by atoms with Crippen LogP contribution in [0.15, 0.2) is 18.3 Å². The molecule has 0 saturated heterocycles. The third-order valence-corrected chi connectivity index (χ3v) is 1.37. The van der Waals surface area contributed by atoms with E-state index in [2.05, 4.69) is 0 Å². The highest BCUT2D eigenvalue weighted by atomic mass is 35.5. The van der Waals surface area contributed by atoms with Gasteiger partial charge >= 0.3 is 5.15 Å². The SMILES string of the molecule is O[n+]1ccc(Cl)cc1Cl. The van der Waals surface area contributed by atoms with E-state index in [0.717, 1.165) is 4.73 Å². The summed E-state index contributed by atoms with van der Waals surface area (Å²) >= 11 is 11.0. The third-order valence-electron chi connectivity index (χ3n) is 0.851. The van der Waals surface area contributed by atoms with Gasteiger partial charge < -0.3 is 0 Å². The maximum absolute atomic E-state index is 8.77. The van der Waals surface area contributed by atoms with Crippen molar-refractivity contribution in [1.82, 2.24) is 0 Å². The number of nitrogens with zero attached hydrogens (tertiary/aromatic N) is 1. The van der Waals surface area contributed by atoms with Crippen LogP contribution in [0.3, 0.4) is 0 Å². The zero-order valence-electron chi connectivity index (χ0n) is 4.38. The molecule has 4 heteroatoms. The first-order valence-corrected chi connectivity index (χ1v) is 3.02. The quantitative estimate of drug-likeness (QED) is 0.351. The largest absolute Gasteiger partial charge is 0.326 e. The molecule has 0 aliphatic heterocycles. The Morgan fingerprint density at radius 2 is 2.11 bits per heavy atom. The zero-order valence-corrected chi connectivity index (χ0v) is 5.89. The molecule has 0 fully saturated rings. The van der Waals surface area contributed by atoms with E-state index >= 15 is 0 Å². The first-order chi connectivity index (χ1) is 4.20. The van der Waals surface area contributed by atoms with Gasteiger partial charge in [0.2, 0.25) is 6.20 Å². The van der Waals surface area contributed by atoms with Crippen LogP contribution in [0.2, 0.25) is 10.2 Å². The van der Waals surface area contributed by atoms with Crippen LogP contribution in [0.1, 0.15) is 0 Å². The van der Waals surface area contributed by atoms with Crippen molar-refractivity contribution in [3.05, 3.63) is 28.5 Å². The fourth-order valence-corrected chi connectivity index (χ4v) is 0.830. The van der Waals surface area contributed by atoms with Gasteiger partial charge in [-0.15, -0.1) is 0 Å². The smallest absolute Gasteiger partial charge is 0.284 e. The molecule has 0 aromatic carbocycles. The predicted molar refractivity (Wildman–Crippen MR) is 33.8 cm³/mol. The molecule has 1 N–H and O–H groups in total. The van der Waals surface area contributed by atoms with E-state index in [-0.39, 0.29) is 5.15 Å². The number of pyridine rings is 1. The summed E-state index contributed by atoms with van der Waals surface area (Å²) in [6.07, 6.45) is 1.37. The first kappa shape index (κ1) is 6.65. The van der Waals surface area contributed by atoms with E-state index in [1.165, 1.54) is 18.3 Å². The minimum absolute atomic E-state index is 0.197. The highest BCUT2D eigenvalue weighted by molar-refractivity contribution is 6.33. The van der Waals surface area contributed by atoms with Crippen molar-refractivity contribution >= 4 is 23.2 Å². The van der Waals surface area contributed by atoms with Crippen molar-refractivity contribution in [1.29, 1.82) is 0 Å². The van der Waals surface area contributed by atoms with Gasteiger partial charge in [-0.05, 0) is 11.6 Å². The van der Waals surface area contributed by atoms with E-state index < -0.39 is 0 Å². The van der Waals surface area contributed by atoms with E-state index in [1.54, 1.807) is 0 Å². The molecule has 9 heavy (non-hydrogen) atoms. The highest BCUT2D eigenvalue weighted by Crippen LogP contribution is 2.09. The van der Waals surface area contributed by atoms with Crippen molar-refractivity contribution < 1.29 is 9.94 Å². The fraction of sp³-hybridized carbons (Fsp3) is 0. The van der Waals surface area contributed by atoms with Crippen LogP contribution in [0.4, 0.5) is 0 Å². The van der Waals surface area contributed by atoms with Crippen LogP contribution in [-0.2, 0) is 0 Å². The molecule has 0 spiro atoms. The van der Waals surface area contributed by atoms with Gasteiger partial charge in [-0.1, -0.05) is 11.6 Å². The molecule has 1 aromatic heterocycles. The maximum Gasteiger partial charge on any atom is 0.326 e. The standard InChI is InChI=1S/C5H4Cl2NO/c6-4-1-2-8(9)5(7)3-4/h1-3,9H/q+1. The van der Waals surface area contributed by atoms with Crippen LogP contribution in [0, 0.1) is 0 Å². The Balaban J connectivity index is 3.17. The number of hydrogen-bond donors (Lipinski definition) is 1. The summed E-state index contributed by atoms with van der Waals surface area (Å²) in [6.45, 7) is 0. The molecule has 48 valence electrons. The highest BCUT2D eigenvalue weighted by Gasteiger charge is 2.04. The van der Waals surface area contributed by atoms with Crippen molar-refractivity contribution in [2.24, 2.45) is 0 Å². The molecule has 0 unspecified atom stereocenters. The molecular weight excluding hydrogens is 161 g/mol. The summed E-state index contributed by atoms with van der Waals surface area (Å²) in [6, 6.07) is 2.98. The zero-order chi connectivity index (χ0) is 6.85. The van der Waals surface area contributed by atoms with Gasteiger partial charge in [0.1, 0.15) is 0 Å². The summed E-state index contributed by atoms with van der Waals surface area (Å²) < 4.78 is 0.785. The minimum atomic E-state index is 0.197. The molecule has 1 heterocycles. The monoisotopic (exact) mass is 164 g/mol. The topological polar surface area (TPSA) is 24.1 Å². The Hall–Kier alpha value is -0.470. The average Bonchev–Trinajstić information content (AvgIpc) is 1.80. The first-order valence-electron chi connectivity index (χ1n) is 2.26. The van der Waals surface area contributed by atoms with Crippen LogP contribution >= 0.6 is 23.2 Å². The third kappa shape index (κ3) is 1.47. The van der Waals surface area contributed by atoms with Crippen LogP contribution in [0.25, 0.3) is 0 Å². The molecule has 0 bridgehead atoms. The molecule has 0 aliphatic carbocycles. The van der Waals surface area contributed by atoms with E-state index in [0.29, 0.717) is 5.02 Å². The Morgan fingerprint density at radius 1 is 1.44 bits per heavy atom. The molecule has 0 saturated carbocycles. The molecule has 0 aliphatic rings. The second kappa shape index (κ2) is 2.42. The Morgan fingerprint density at radius 3 is 2.56 bits per heavy atom. The number of halogens is 2. The summed E-state index contributed by atoms with van der Waals surface area (Å²) in [7, 11) is 0. The lowest BCUT2D eigenvalue weighted by atomic mass is 10.5. The molecule has 0 radical (unpaired) electrons. The molecule has 1 aromatic rings. The van der Waals surface area contributed by atoms with Gasteiger partial charge in [0, 0.05) is 16.9 Å². The summed E-state index contributed by atoms with van der Waals surface area (Å²) in [5, 5.41) is 9.47. The second-order valence-corrected chi connectivity index (χ2v) is 2.34. The van der Waals surface area contributed by atoms with Crippen molar-refractivity contribution in [2.45, 2.75) is 0 Å². The normalized spacial score (nSPS) is 9.56. The molecule has 2 nitrogen and oxygen atoms in total.